The molecular weight excluding hydrogens is 234 g/mol. The summed E-state index contributed by atoms with van der Waals surface area (Å²) in [5, 5.41) is 17.7. The van der Waals surface area contributed by atoms with Crippen LogP contribution in [0.5, 0.6) is 0 Å². The number of likely N-dealkylation sites (tertiary alicyclic amines) is 1. The Hall–Kier alpha value is -1.77. The fourth-order valence-corrected chi connectivity index (χ4v) is 2.05. The molecule has 0 aromatic heterocycles. The van der Waals surface area contributed by atoms with E-state index in [1.807, 2.05) is 6.92 Å². The van der Waals surface area contributed by atoms with Crippen molar-refractivity contribution in [3.05, 3.63) is 0 Å². The Bertz CT molecular complexity index is 364. The number of carbonyl (C=O) groups excluding carboxylic acids is 1. The normalized spacial score (nSPS) is 20.3. The maximum absolute atomic E-state index is 12.1. The lowest BCUT2D eigenvalue weighted by molar-refractivity contribution is -0.141. The van der Waals surface area contributed by atoms with Crippen molar-refractivity contribution in [1.29, 1.82) is 5.26 Å². The predicted molar refractivity (Wildman–Crippen MR) is 64.7 cm³/mol. The van der Waals surface area contributed by atoms with Crippen LogP contribution in [0.15, 0.2) is 0 Å². The van der Waals surface area contributed by atoms with Crippen molar-refractivity contribution >= 4 is 12.0 Å². The summed E-state index contributed by atoms with van der Waals surface area (Å²) < 4.78 is 0. The lowest BCUT2D eigenvalue weighted by Gasteiger charge is -2.27. The third-order valence-electron chi connectivity index (χ3n) is 3.17. The molecule has 2 unspecified atom stereocenters. The van der Waals surface area contributed by atoms with Crippen LogP contribution >= 0.6 is 0 Å². The molecule has 0 radical (unpaired) electrons. The predicted octanol–water partition coefficient (Wildman–Crippen LogP) is 0.994. The number of rotatable bonds is 4. The van der Waals surface area contributed by atoms with Crippen molar-refractivity contribution in [2.45, 2.75) is 20.3 Å². The Kier molecular flexibility index (Phi) is 4.95. The second-order valence-corrected chi connectivity index (χ2v) is 4.62. The molecule has 6 heteroatoms. The number of carboxylic acid groups (broad SMARTS) is 1. The first kappa shape index (κ1) is 14.3. The van der Waals surface area contributed by atoms with E-state index in [4.69, 9.17) is 10.4 Å². The van der Waals surface area contributed by atoms with Gasteiger partial charge in [0, 0.05) is 26.2 Å². The van der Waals surface area contributed by atoms with Gasteiger partial charge in [-0.15, -0.1) is 0 Å². The number of nitrogens with zero attached hydrogens (tertiary/aromatic N) is 3. The molecule has 1 aliphatic heterocycles. The topological polar surface area (TPSA) is 84.6 Å². The molecule has 0 aliphatic carbocycles. The zero-order valence-electron chi connectivity index (χ0n) is 10.8. The van der Waals surface area contributed by atoms with E-state index in [-0.39, 0.29) is 18.5 Å². The molecule has 1 N–H and O–H groups in total. The maximum Gasteiger partial charge on any atom is 0.320 e. The molecule has 6 nitrogen and oxygen atoms in total. The van der Waals surface area contributed by atoms with Gasteiger partial charge < -0.3 is 14.9 Å². The summed E-state index contributed by atoms with van der Waals surface area (Å²) in [7, 11) is 0. The van der Waals surface area contributed by atoms with Crippen molar-refractivity contribution in [2.24, 2.45) is 11.8 Å². The van der Waals surface area contributed by atoms with E-state index in [0.29, 0.717) is 26.1 Å². The van der Waals surface area contributed by atoms with E-state index in [2.05, 4.69) is 6.07 Å². The largest absolute Gasteiger partial charge is 0.481 e. The molecule has 0 aromatic carbocycles. The van der Waals surface area contributed by atoms with Gasteiger partial charge in [0.05, 0.1) is 17.9 Å². The minimum atomic E-state index is -0.848. The van der Waals surface area contributed by atoms with E-state index in [9.17, 15) is 9.59 Å². The van der Waals surface area contributed by atoms with E-state index < -0.39 is 11.9 Å². The molecule has 100 valence electrons. The van der Waals surface area contributed by atoms with Gasteiger partial charge in [0.2, 0.25) is 0 Å². The Balaban J connectivity index is 2.58. The monoisotopic (exact) mass is 253 g/mol. The van der Waals surface area contributed by atoms with Gasteiger partial charge >= 0.3 is 12.0 Å². The lowest BCUT2D eigenvalue weighted by atomic mass is 10.1. The summed E-state index contributed by atoms with van der Waals surface area (Å²) in [6, 6.07) is 1.93. The highest BCUT2D eigenvalue weighted by Gasteiger charge is 2.32. The van der Waals surface area contributed by atoms with Gasteiger partial charge in [-0.2, -0.15) is 5.26 Å². The lowest BCUT2D eigenvalue weighted by Crippen LogP contribution is -2.44. The molecule has 0 aromatic rings. The Morgan fingerprint density at radius 2 is 2.28 bits per heavy atom. The van der Waals surface area contributed by atoms with Gasteiger partial charge in [-0.1, -0.05) is 0 Å². The average Bonchev–Trinajstić information content (AvgIpc) is 2.84. The van der Waals surface area contributed by atoms with E-state index in [1.165, 1.54) is 0 Å². The van der Waals surface area contributed by atoms with Crippen LogP contribution in [0.3, 0.4) is 0 Å². The fraction of sp³-hybridized carbons (Fsp3) is 0.750. The number of aliphatic carboxylic acids is 1. The molecule has 1 saturated heterocycles. The number of nitriles is 1. The Morgan fingerprint density at radius 3 is 2.72 bits per heavy atom. The number of carbonyl (C=O) groups is 2. The quantitative estimate of drug-likeness (QED) is 0.809. The first-order valence-electron chi connectivity index (χ1n) is 6.15. The van der Waals surface area contributed by atoms with Crippen LogP contribution < -0.4 is 0 Å². The summed E-state index contributed by atoms with van der Waals surface area (Å²) in [4.78, 5) is 26.1. The maximum atomic E-state index is 12.1. The standard InChI is InChI=1S/C12H19N3O3/c1-3-14(7-9(2)6-13)12(18)15-5-4-10(8-15)11(16)17/h9-10H,3-5,7-8H2,1-2H3,(H,16,17). The molecule has 1 heterocycles. The van der Waals surface area contributed by atoms with Crippen molar-refractivity contribution in [3.8, 4) is 6.07 Å². The van der Waals surface area contributed by atoms with Gasteiger partial charge in [-0.25, -0.2) is 4.79 Å². The van der Waals surface area contributed by atoms with Crippen LogP contribution in [0.4, 0.5) is 4.79 Å². The molecule has 0 bridgehead atoms. The van der Waals surface area contributed by atoms with Crippen LogP contribution in [-0.4, -0.2) is 53.1 Å². The highest BCUT2D eigenvalue weighted by Crippen LogP contribution is 2.18. The van der Waals surface area contributed by atoms with Crippen molar-refractivity contribution < 1.29 is 14.7 Å². The molecule has 0 saturated carbocycles. The minimum absolute atomic E-state index is 0.164. The van der Waals surface area contributed by atoms with Crippen molar-refractivity contribution in [3.63, 3.8) is 0 Å². The van der Waals surface area contributed by atoms with Gasteiger partial charge in [0.1, 0.15) is 0 Å². The van der Waals surface area contributed by atoms with Crippen LogP contribution in [0, 0.1) is 23.2 Å². The van der Waals surface area contributed by atoms with E-state index in [1.54, 1.807) is 16.7 Å². The molecule has 18 heavy (non-hydrogen) atoms. The first-order chi connectivity index (χ1) is 8.49. The second-order valence-electron chi connectivity index (χ2n) is 4.62. The molecule has 0 spiro atoms. The third kappa shape index (κ3) is 3.36. The summed E-state index contributed by atoms with van der Waals surface area (Å²) in [6.07, 6.45) is 0.506. The number of hydrogen-bond acceptors (Lipinski definition) is 3. The Morgan fingerprint density at radius 1 is 1.61 bits per heavy atom. The first-order valence-corrected chi connectivity index (χ1v) is 6.15. The number of hydrogen-bond donors (Lipinski definition) is 1. The molecule has 1 aliphatic rings. The highest BCUT2D eigenvalue weighted by molar-refractivity contribution is 5.77. The SMILES string of the molecule is CCN(CC(C)C#N)C(=O)N1CCC(C(=O)O)C1. The van der Waals surface area contributed by atoms with Crippen LogP contribution in [0.25, 0.3) is 0 Å². The molecule has 2 atom stereocenters. The van der Waals surface area contributed by atoms with E-state index in [0.717, 1.165) is 0 Å². The number of urea groups is 1. The second kappa shape index (κ2) is 6.24. The van der Waals surface area contributed by atoms with Gasteiger partial charge in [-0.05, 0) is 20.3 Å². The van der Waals surface area contributed by atoms with Gasteiger partial charge in [0.15, 0.2) is 0 Å². The zero-order chi connectivity index (χ0) is 13.7. The fourth-order valence-electron chi connectivity index (χ4n) is 2.05. The minimum Gasteiger partial charge on any atom is -0.481 e. The molecule has 1 fully saturated rings. The van der Waals surface area contributed by atoms with Crippen LogP contribution in [0.2, 0.25) is 0 Å². The summed E-state index contributed by atoms with van der Waals surface area (Å²) in [6.45, 7) is 5.28. The molecule has 2 amide bonds. The van der Waals surface area contributed by atoms with Gasteiger partial charge in [0.25, 0.3) is 0 Å². The van der Waals surface area contributed by atoms with Crippen molar-refractivity contribution in [2.75, 3.05) is 26.2 Å². The summed E-state index contributed by atoms with van der Waals surface area (Å²) >= 11 is 0. The van der Waals surface area contributed by atoms with Crippen molar-refractivity contribution in [1.82, 2.24) is 9.80 Å². The number of amides is 2. The highest BCUT2D eigenvalue weighted by atomic mass is 16.4. The van der Waals surface area contributed by atoms with Crippen LogP contribution in [-0.2, 0) is 4.79 Å². The number of carboxylic acids is 1. The summed E-state index contributed by atoms with van der Waals surface area (Å²) in [5.74, 6) is -1.52. The van der Waals surface area contributed by atoms with Crippen LogP contribution in [0.1, 0.15) is 20.3 Å². The average molecular weight is 253 g/mol. The van der Waals surface area contributed by atoms with E-state index >= 15 is 0 Å². The molecular formula is C12H19N3O3. The summed E-state index contributed by atoms with van der Waals surface area (Å²) in [5.41, 5.74) is 0. The zero-order valence-corrected chi connectivity index (χ0v) is 10.8. The third-order valence-corrected chi connectivity index (χ3v) is 3.17. The van der Waals surface area contributed by atoms with Gasteiger partial charge in [-0.3, -0.25) is 4.79 Å². The molecule has 1 rings (SSSR count). The Labute approximate surface area is 107 Å². The smallest absolute Gasteiger partial charge is 0.320 e.